The predicted octanol–water partition coefficient (Wildman–Crippen LogP) is 1.95. The Morgan fingerprint density at radius 1 is 1.55 bits per heavy atom. The molecule has 110 valence electrons. The Balaban J connectivity index is 1.92. The van der Waals surface area contributed by atoms with Crippen molar-refractivity contribution in [2.24, 2.45) is 0 Å². The molecule has 6 heteroatoms. The summed E-state index contributed by atoms with van der Waals surface area (Å²) in [5.74, 6) is -0.0666. The van der Waals surface area contributed by atoms with Gasteiger partial charge in [0, 0.05) is 18.0 Å². The minimum absolute atomic E-state index is 0.0666. The molecule has 1 aromatic rings. The Bertz CT molecular complexity index is 447. The summed E-state index contributed by atoms with van der Waals surface area (Å²) in [5, 5.41) is 7.68. The molecule has 0 unspecified atom stereocenters. The maximum Gasteiger partial charge on any atom is 0.318 e. The van der Waals surface area contributed by atoms with Crippen LogP contribution in [-0.4, -0.2) is 36.0 Å². The number of hydrogen-bond acceptors (Lipinski definition) is 3. The van der Waals surface area contributed by atoms with E-state index in [0.29, 0.717) is 26.1 Å². The van der Waals surface area contributed by atoms with Crippen LogP contribution in [0.4, 0.5) is 4.79 Å². The third kappa shape index (κ3) is 3.96. The Labute approximate surface area is 123 Å². The number of nitrogens with one attached hydrogen (secondary N) is 2. The minimum Gasteiger partial charge on any atom is -0.354 e. The molecule has 0 bridgehead atoms. The highest BCUT2D eigenvalue weighted by atomic mass is 32.1. The standard InChI is InChI=1S/C14H21N3O2S/c1-2-17(10-11-6-5-9-20-11)14(19)16-12-7-3-4-8-15-13(12)18/h5-6,9,12H,2-4,7-8,10H2,1H3,(H,15,18)(H,16,19)/t12-/m1/s1. The average Bonchev–Trinajstić information content (AvgIpc) is 2.87. The van der Waals surface area contributed by atoms with Crippen LogP contribution in [0.2, 0.25) is 0 Å². The van der Waals surface area contributed by atoms with Crippen molar-refractivity contribution in [3.05, 3.63) is 22.4 Å². The summed E-state index contributed by atoms with van der Waals surface area (Å²) in [7, 11) is 0. The second-order valence-electron chi connectivity index (χ2n) is 4.88. The Kier molecular flexibility index (Phi) is 5.40. The summed E-state index contributed by atoms with van der Waals surface area (Å²) in [6.07, 6.45) is 2.65. The normalized spacial score (nSPS) is 19.1. The topological polar surface area (TPSA) is 61.4 Å². The quantitative estimate of drug-likeness (QED) is 0.892. The van der Waals surface area contributed by atoms with E-state index in [1.165, 1.54) is 0 Å². The molecular formula is C14H21N3O2S. The van der Waals surface area contributed by atoms with Gasteiger partial charge in [-0.15, -0.1) is 11.3 Å². The highest BCUT2D eigenvalue weighted by molar-refractivity contribution is 7.09. The molecule has 1 aromatic heterocycles. The molecule has 5 nitrogen and oxygen atoms in total. The summed E-state index contributed by atoms with van der Waals surface area (Å²) in [6, 6.07) is 3.43. The van der Waals surface area contributed by atoms with Gasteiger partial charge >= 0.3 is 6.03 Å². The number of hydrogen-bond donors (Lipinski definition) is 2. The first-order valence-electron chi connectivity index (χ1n) is 7.06. The maximum atomic E-state index is 12.3. The van der Waals surface area contributed by atoms with Gasteiger partial charge in [0.2, 0.25) is 5.91 Å². The van der Waals surface area contributed by atoms with E-state index in [-0.39, 0.29) is 11.9 Å². The van der Waals surface area contributed by atoms with Gasteiger partial charge in [-0.2, -0.15) is 0 Å². The van der Waals surface area contributed by atoms with Crippen LogP contribution in [0, 0.1) is 0 Å². The van der Waals surface area contributed by atoms with Crippen LogP contribution in [0.5, 0.6) is 0 Å². The van der Waals surface area contributed by atoms with Crippen molar-refractivity contribution < 1.29 is 9.59 Å². The molecule has 0 radical (unpaired) electrons. The number of amides is 3. The Hall–Kier alpha value is -1.56. The van der Waals surface area contributed by atoms with E-state index in [1.807, 2.05) is 24.4 Å². The molecule has 0 aromatic carbocycles. The zero-order chi connectivity index (χ0) is 14.4. The van der Waals surface area contributed by atoms with Gasteiger partial charge < -0.3 is 15.5 Å². The van der Waals surface area contributed by atoms with Gasteiger partial charge in [-0.3, -0.25) is 4.79 Å². The van der Waals surface area contributed by atoms with Gasteiger partial charge in [0.1, 0.15) is 6.04 Å². The molecule has 2 heterocycles. The molecule has 3 amide bonds. The van der Waals surface area contributed by atoms with Crippen molar-refractivity contribution in [1.82, 2.24) is 15.5 Å². The Morgan fingerprint density at radius 2 is 2.40 bits per heavy atom. The molecule has 1 saturated heterocycles. The largest absolute Gasteiger partial charge is 0.354 e. The van der Waals surface area contributed by atoms with E-state index in [2.05, 4.69) is 10.6 Å². The van der Waals surface area contributed by atoms with Crippen molar-refractivity contribution in [3.8, 4) is 0 Å². The van der Waals surface area contributed by atoms with Crippen LogP contribution in [0.15, 0.2) is 17.5 Å². The van der Waals surface area contributed by atoms with Gasteiger partial charge in [0.05, 0.1) is 6.54 Å². The van der Waals surface area contributed by atoms with E-state index in [9.17, 15) is 9.59 Å². The average molecular weight is 295 g/mol. The van der Waals surface area contributed by atoms with Crippen molar-refractivity contribution >= 4 is 23.3 Å². The smallest absolute Gasteiger partial charge is 0.318 e. The van der Waals surface area contributed by atoms with Gasteiger partial charge in [-0.05, 0) is 37.6 Å². The lowest BCUT2D eigenvalue weighted by Gasteiger charge is -2.24. The molecule has 1 aliphatic rings. The molecule has 0 aliphatic carbocycles. The summed E-state index contributed by atoms with van der Waals surface area (Å²) in [5.41, 5.74) is 0. The van der Waals surface area contributed by atoms with Crippen LogP contribution in [-0.2, 0) is 11.3 Å². The highest BCUT2D eigenvalue weighted by Crippen LogP contribution is 2.12. The fourth-order valence-corrected chi connectivity index (χ4v) is 2.95. The molecule has 1 fully saturated rings. The van der Waals surface area contributed by atoms with E-state index in [1.54, 1.807) is 16.2 Å². The van der Waals surface area contributed by atoms with Gasteiger partial charge in [0.15, 0.2) is 0 Å². The van der Waals surface area contributed by atoms with Crippen LogP contribution >= 0.6 is 11.3 Å². The van der Waals surface area contributed by atoms with Gasteiger partial charge in [-0.25, -0.2) is 4.79 Å². The van der Waals surface area contributed by atoms with Gasteiger partial charge in [-0.1, -0.05) is 6.07 Å². The number of urea groups is 1. The molecule has 20 heavy (non-hydrogen) atoms. The monoisotopic (exact) mass is 295 g/mol. The first-order valence-corrected chi connectivity index (χ1v) is 7.94. The molecule has 2 rings (SSSR count). The van der Waals surface area contributed by atoms with Crippen molar-refractivity contribution in [2.45, 2.75) is 38.8 Å². The zero-order valence-electron chi connectivity index (χ0n) is 11.7. The number of carbonyl (C=O) groups is 2. The maximum absolute atomic E-state index is 12.3. The minimum atomic E-state index is -0.401. The van der Waals surface area contributed by atoms with Crippen LogP contribution in [0.3, 0.4) is 0 Å². The van der Waals surface area contributed by atoms with Crippen LogP contribution < -0.4 is 10.6 Å². The molecule has 1 aliphatic heterocycles. The fraction of sp³-hybridized carbons (Fsp3) is 0.571. The van der Waals surface area contributed by atoms with E-state index >= 15 is 0 Å². The number of nitrogens with zero attached hydrogens (tertiary/aromatic N) is 1. The zero-order valence-corrected chi connectivity index (χ0v) is 12.5. The lowest BCUT2D eigenvalue weighted by molar-refractivity contribution is -0.122. The molecule has 1 atom stereocenters. The lowest BCUT2D eigenvalue weighted by Crippen LogP contribution is -2.50. The Morgan fingerprint density at radius 3 is 3.10 bits per heavy atom. The van der Waals surface area contributed by atoms with E-state index in [0.717, 1.165) is 17.7 Å². The summed E-state index contributed by atoms with van der Waals surface area (Å²) in [4.78, 5) is 27.0. The predicted molar refractivity (Wildman–Crippen MR) is 79.6 cm³/mol. The SMILES string of the molecule is CCN(Cc1cccs1)C(=O)N[C@@H]1CCCCNC1=O. The molecule has 0 saturated carbocycles. The van der Waals surface area contributed by atoms with Gasteiger partial charge in [0.25, 0.3) is 0 Å². The van der Waals surface area contributed by atoms with Crippen molar-refractivity contribution in [2.75, 3.05) is 13.1 Å². The van der Waals surface area contributed by atoms with Crippen LogP contribution in [0.1, 0.15) is 31.1 Å². The number of carbonyl (C=O) groups excluding carboxylic acids is 2. The van der Waals surface area contributed by atoms with Crippen LogP contribution in [0.25, 0.3) is 0 Å². The first kappa shape index (κ1) is 14.8. The lowest BCUT2D eigenvalue weighted by atomic mass is 10.1. The third-order valence-electron chi connectivity index (χ3n) is 3.43. The number of thiophene rings is 1. The fourth-order valence-electron chi connectivity index (χ4n) is 2.24. The second-order valence-corrected chi connectivity index (χ2v) is 5.91. The molecule has 0 spiro atoms. The molecular weight excluding hydrogens is 274 g/mol. The van der Waals surface area contributed by atoms with Crippen molar-refractivity contribution in [1.29, 1.82) is 0 Å². The first-order chi connectivity index (χ1) is 9.70. The second kappa shape index (κ2) is 7.28. The third-order valence-corrected chi connectivity index (χ3v) is 4.29. The summed E-state index contributed by atoms with van der Waals surface area (Å²) >= 11 is 1.63. The van der Waals surface area contributed by atoms with E-state index in [4.69, 9.17) is 0 Å². The summed E-state index contributed by atoms with van der Waals surface area (Å²) in [6.45, 7) is 3.87. The summed E-state index contributed by atoms with van der Waals surface area (Å²) < 4.78 is 0. The highest BCUT2D eigenvalue weighted by Gasteiger charge is 2.24. The van der Waals surface area contributed by atoms with E-state index < -0.39 is 6.04 Å². The number of rotatable bonds is 4. The molecule has 2 N–H and O–H groups in total. The van der Waals surface area contributed by atoms with Crippen molar-refractivity contribution in [3.63, 3.8) is 0 Å².